The van der Waals surface area contributed by atoms with Crippen molar-refractivity contribution >= 4 is 34.3 Å². The second-order valence-electron chi connectivity index (χ2n) is 11.3. The molecule has 2 saturated heterocycles. The Morgan fingerprint density at radius 1 is 1.05 bits per heavy atom. The number of hydrogen-bond donors (Lipinski definition) is 1. The number of aromatic nitrogens is 4. The van der Waals surface area contributed by atoms with E-state index in [1.54, 1.807) is 6.33 Å². The van der Waals surface area contributed by atoms with Gasteiger partial charge in [-0.2, -0.15) is 9.97 Å². The summed E-state index contributed by atoms with van der Waals surface area (Å²) in [5.74, 6) is -0.0647. The van der Waals surface area contributed by atoms with Crippen LogP contribution in [0.25, 0.3) is 11.2 Å². The molecule has 3 fully saturated rings. The number of para-hydroxylation sites is 1. The lowest BCUT2D eigenvalue weighted by atomic mass is 9.76. The molecule has 0 radical (unpaired) electrons. The predicted octanol–water partition coefficient (Wildman–Crippen LogP) is 4.63. The molecule has 3 aliphatic heterocycles. The Morgan fingerprint density at radius 2 is 1.81 bits per heavy atom. The molecule has 1 aromatic carbocycles. The van der Waals surface area contributed by atoms with Crippen molar-refractivity contribution in [3.05, 3.63) is 41.4 Å². The van der Waals surface area contributed by atoms with E-state index in [1.807, 2.05) is 18.4 Å². The average molecular weight is 526 g/mol. The molecule has 9 nitrogen and oxygen atoms in total. The molecule has 10 heteroatoms. The third kappa shape index (κ3) is 3.70. The van der Waals surface area contributed by atoms with Crippen LogP contribution in [-0.4, -0.2) is 61.9 Å². The van der Waals surface area contributed by atoms with E-state index in [2.05, 4.69) is 34.1 Å². The van der Waals surface area contributed by atoms with Crippen molar-refractivity contribution in [2.45, 2.75) is 88.1 Å². The number of nitrogens with zero attached hydrogens (tertiary/aromatic N) is 5. The molecular formula is C27H32ClN5O4. The molecule has 0 bridgehead atoms. The van der Waals surface area contributed by atoms with Gasteiger partial charge in [-0.1, -0.05) is 43.9 Å². The fourth-order valence-electron chi connectivity index (χ4n) is 6.93. The smallest absolute Gasteiger partial charge is 0.226 e. The Hall–Kier alpha value is -2.30. The standard InChI is InChI=1S/C27H32ClN5O4/c1-26(2)36-20-18(13-34)35-24(21(20)37-26)33-15-29-19-22(30-25(28)31-23(19)33)32-14-27(11-7-3-4-8-12-27)16-9-5-6-10-17(16)32/h5-6,9-10,15,18,20-21,24,34H,3-4,7-8,11-14H2,1-2H3/t18-,20-,21-,24-/m1/s1. The van der Waals surface area contributed by atoms with Crippen molar-refractivity contribution < 1.29 is 19.3 Å². The van der Waals surface area contributed by atoms with Crippen LogP contribution in [0.5, 0.6) is 0 Å². The first-order chi connectivity index (χ1) is 17.9. The molecule has 4 aliphatic rings. The number of ether oxygens (including phenoxy) is 3. The van der Waals surface area contributed by atoms with Crippen molar-refractivity contribution in [3.63, 3.8) is 0 Å². The molecule has 1 saturated carbocycles. The average Bonchev–Trinajstić information content (AvgIpc) is 3.55. The molecule has 2 aromatic heterocycles. The summed E-state index contributed by atoms with van der Waals surface area (Å²) in [6.45, 7) is 4.42. The normalized spacial score (nSPS) is 30.1. The van der Waals surface area contributed by atoms with Gasteiger partial charge < -0.3 is 24.2 Å². The highest BCUT2D eigenvalue weighted by Crippen LogP contribution is 2.51. The van der Waals surface area contributed by atoms with Gasteiger partial charge in [0.2, 0.25) is 5.28 Å². The Bertz CT molecular complexity index is 1340. The Morgan fingerprint density at radius 3 is 2.59 bits per heavy atom. The number of fused-ring (bicyclic) bond motifs is 4. The summed E-state index contributed by atoms with van der Waals surface area (Å²) in [5, 5.41) is 10.1. The van der Waals surface area contributed by atoms with Crippen molar-refractivity contribution in [1.29, 1.82) is 0 Å². The second kappa shape index (κ2) is 8.61. The van der Waals surface area contributed by atoms with Crippen LogP contribution in [-0.2, 0) is 19.6 Å². The van der Waals surface area contributed by atoms with Gasteiger partial charge in [0.1, 0.15) is 18.3 Å². The van der Waals surface area contributed by atoms with E-state index in [-0.39, 0.29) is 23.4 Å². The van der Waals surface area contributed by atoms with E-state index in [9.17, 15) is 5.11 Å². The van der Waals surface area contributed by atoms with Gasteiger partial charge in [-0.05, 0) is 49.9 Å². The first kappa shape index (κ1) is 23.8. The van der Waals surface area contributed by atoms with Crippen LogP contribution in [0.1, 0.15) is 64.2 Å². The van der Waals surface area contributed by atoms with Crippen LogP contribution < -0.4 is 4.90 Å². The van der Waals surface area contributed by atoms with Crippen LogP contribution in [0, 0.1) is 0 Å². The second-order valence-corrected chi connectivity index (χ2v) is 11.6. The minimum Gasteiger partial charge on any atom is -0.394 e. The van der Waals surface area contributed by atoms with Crippen molar-refractivity contribution in [2.75, 3.05) is 18.1 Å². The van der Waals surface area contributed by atoms with Gasteiger partial charge in [-0.25, -0.2) is 4.98 Å². The number of hydrogen-bond acceptors (Lipinski definition) is 8. The molecule has 1 aliphatic carbocycles. The first-order valence-corrected chi connectivity index (χ1v) is 13.7. The quantitative estimate of drug-likeness (QED) is 0.494. The molecule has 37 heavy (non-hydrogen) atoms. The van der Waals surface area contributed by atoms with Gasteiger partial charge >= 0.3 is 0 Å². The summed E-state index contributed by atoms with van der Waals surface area (Å²) in [4.78, 5) is 16.3. The zero-order valence-corrected chi connectivity index (χ0v) is 21.9. The van der Waals surface area contributed by atoms with Crippen molar-refractivity contribution in [2.24, 2.45) is 0 Å². The molecule has 4 atom stereocenters. The Kier molecular flexibility index (Phi) is 5.53. The maximum absolute atomic E-state index is 9.94. The summed E-state index contributed by atoms with van der Waals surface area (Å²) in [7, 11) is 0. The van der Waals surface area contributed by atoms with Crippen LogP contribution in [0.4, 0.5) is 11.5 Å². The highest BCUT2D eigenvalue weighted by atomic mass is 35.5. The summed E-state index contributed by atoms with van der Waals surface area (Å²) < 4.78 is 20.3. The van der Waals surface area contributed by atoms with E-state index in [1.165, 1.54) is 49.8 Å². The van der Waals surface area contributed by atoms with E-state index >= 15 is 0 Å². The number of halogens is 1. The number of anilines is 2. The number of aliphatic hydroxyl groups is 1. The summed E-state index contributed by atoms with van der Waals surface area (Å²) >= 11 is 6.55. The zero-order valence-electron chi connectivity index (χ0n) is 21.1. The predicted molar refractivity (Wildman–Crippen MR) is 138 cm³/mol. The van der Waals surface area contributed by atoms with E-state index < -0.39 is 24.2 Å². The molecule has 3 aromatic rings. The maximum atomic E-state index is 9.94. The van der Waals surface area contributed by atoms with Gasteiger partial charge in [0.25, 0.3) is 0 Å². The SMILES string of the molecule is CC1(C)O[C@@H]2[C@H](O1)[C@@H](CO)O[C@H]2n1cnc2c(N3CC4(CCCCCC4)c4ccccc43)nc(Cl)nc21. The Balaban J connectivity index is 1.32. The molecule has 196 valence electrons. The highest BCUT2D eigenvalue weighted by Gasteiger charge is 2.56. The fraction of sp³-hybridized carbons (Fsp3) is 0.593. The van der Waals surface area contributed by atoms with Gasteiger partial charge in [0.15, 0.2) is 29.0 Å². The first-order valence-electron chi connectivity index (χ1n) is 13.3. The lowest BCUT2D eigenvalue weighted by molar-refractivity contribution is -0.199. The van der Waals surface area contributed by atoms with E-state index in [0.29, 0.717) is 17.0 Å². The Labute approximate surface area is 220 Å². The van der Waals surface area contributed by atoms with Gasteiger partial charge in [-0.3, -0.25) is 4.57 Å². The number of rotatable bonds is 3. The van der Waals surface area contributed by atoms with Gasteiger partial charge in [-0.15, -0.1) is 0 Å². The van der Waals surface area contributed by atoms with E-state index in [4.69, 9.17) is 35.8 Å². The maximum Gasteiger partial charge on any atom is 0.226 e. The number of imidazole rings is 1. The molecule has 7 rings (SSSR count). The molecule has 0 unspecified atom stereocenters. The van der Waals surface area contributed by atoms with Crippen LogP contribution in [0.3, 0.4) is 0 Å². The van der Waals surface area contributed by atoms with Gasteiger partial charge in [0.05, 0.1) is 12.9 Å². The molecule has 1 N–H and O–H groups in total. The summed E-state index contributed by atoms with van der Waals surface area (Å²) in [6.07, 6.45) is 7.24. The highest BCUT2D eigenvalue weighted by molar-refractivity contribution is 6.28. The lowest BCUT2D eigenvalue weighted by Crippen LogP contribution is -2.31. The topological polar surface area (TPSA) is 94.8 Å². The zero-order chi connectivity index (χ0) is 25.4. The minimum atomic E-state index is -0.773. The molecule has 5 heterocycles. The van der Waals surface area contributed by atoms with Crippen molar-refractivity contribution in [1.82, 2.24) is 19.5 Å². The largest absolute Gasteiger partial charge is 0.394 e. The molecular weight excluding hydrogens is 494 g/mol. The minimum absolute atomic E-state index is 0.107. The third-order valence-corrected chi connectivity index (χ3v) is 8.67. The lowest BCUT2D eigenvalue weighted by Gasteiger charge is -2.29. The summed E-state index contributed by atoms with van der Waals surface area (Å²) in [6, 6.07) is 8.68. The monoisotopic (exact) mass is 525 g/mol. The number of benzene rings is 1. The van der Waals surface area contributed by atoms with Gasteiger partial charge in [0, 0.05) is 17.6 Å². The third-order valence-electron chi connectivity index (χ3n) is 8.50. The van der Waals surface area contributed by atoms with Crippen molar-refractivity contribution in [3.8, 4) is 0 Å². The van der Waals surface area contributed by atoms with E-state index in [0.717, 1.165) is 6.54 Å². The molecule has 0 amide bonds. The number of aliphatic hydroxyl groups excluding tert-OH is 1. The summed E-state index contributed by atoms with van der Waals surface area (Å²) in [5.41, 5.74) is 3.91. The van der Waals surface area contributed by atoms with Crippen LogP contribution in [0.15, 0.2) is 30.6 Å². The van der Waals surface area contributed by atoms with Crippen LogP contribution >= 0.6 is 11.6 Å². The van der Waals surface area contributed by atoms with Crippen LogP contribution in [0.2, 0.25) is 5.28 Å². The fourth-order valence-corrected chi connectivity index (χ4v) is 7.09. The molecule has 1 spiro atoms.